The maximum atomic E-state index is 14.3. The summed E-state index contributed by atoms with van der Waals surface area (Å²) in [5.41, 5.74) is 1.72. The van der Waals surface area contributed by atoms with Gasteiger partial charge >= 0.3 is 0 Å². The maximum absolute atomic E-state index is 14.3. The van der Waals surface area contributed by atoms with E-state index in [1.54, 1.807) is 28.8 Å². The third kappa shape index (κ3) is 4.20. The Hall–Kier alpha value is -3.69. The molecule has 1 heterocycles. The molecule has 0 unspecified atom stereocenters. The molecule has 0 fully saturated rings. The lowest BCUT2D eigenvalue weighted by Gasteiger charge is -2.13. The second-order valence-corrected chi connectivity index (χ2v) is 8.66. The van der Waals surface area contributed by atoms with Crippen LogP contribution >= 0.6 is 0 Å². The van der Waals surface area contributed by atoms with Crippen molar-refractivity contribution in [3.8, 4) is 5.75 Å². The van der Waals surface area contributed by atoms with Crippen molar-refractivity contribution < 1.29 is 22.3 Å². The van der Waals surface area contributed by atoms with E-state index in [4.69, 9.17) is 9.88 Å². The zero-order valence-corrected chi connectivity index (χ0v) is 17.9. The third-order valence-corrected chi connectivity index (χ3v) is 5.99. The molecule has 0 saturated heterocycles. The molecule has 0 aliphatic carbocycles. The highest BCUT2D eigenvalue weighted by Gasteiger charge is 2.20. The van der Waals surface area contributed by atoms with Gasteiger partial charge in [-0.05, 0) is 36.4 Å². The van der Waals surface area contributed by atoms with Crippen LogP contribution < -0.4 is 15.2 Å². The highest BCUT2D eigenvalue weighted by molar-refractivity contribution is 7.89. The first-order valence-corrected chi connectivity index (χ1v) is 11.2. The van der Waals surface area contributed by atoms with E-state index in [1.807, 2.05) is 24.3 Å². The SMILES string of the molecule is COc1ccc(NC(=O)c2cc3ccccc3n2Cc2ccccc2F)cc1S(N)(=O)=O. The van der Waals surface area contributed by atoms with Crippen molar-refractivity contribution in [2.24, 2.45) is 5.14 Å². The number of nitrogens with two attached hydrogens (primary N) is 1. The number of primary sulfonamides is 1. The fraction of sp³-hybridized carbons (Fsp3) is 0.0870. The van der Waals surface area contributed by atoms with E-state index in [0.29, 0.717) is 11.3 Å². The molecule has 1 amide bonds. The van der Waals surface area contributed by atoms with Gasteiger partial charge in [-0.1, -0.05) is 36.4 Å². The number of ether oxygens (including phenoxy) is 1. The number of para-hydroxylation sites is 1. The van der Waals surface area contributed by atoms with Crippen molar-refractivity contribution >= 4 is 32.5 Å². The van der Waals surface area contributed by atoms with Gasteiger partial charge in [-0.2, -0.15) is 0 Å². The van der Waals surface area contributed by atoms with Crippen LogP contribution in [0.5, 0.6) is 5.75 Å². The summed E-state index contributed by atoms with van der Waals surface area (Å²) in [6.07, 6.45) is 0. The van der Waals surface area contributed by atoms with Crippen LogP contribution in [-0.2, 0) is 16.6 Å². The summed E-state index contributed by atoms with van der Waals surface area (Å²) in [5.74, 6) is -0.785. The molecule has 3 aromatic carbocycles. The molecule has 7 nitrogen and oxygen atoms in total. The molecule has 0 aliphatic rings. The molecule has 164 valence electrons. The van der Waals surface area contributed by atoms with Crippen LogP contribution in [0, 0.1) is 5.82 Å². The molecule has 0 saturated carbocycles. The highest BCUT2D eigenvalue weighted by Crippen LogP contribution is 2.27. The van der Waals surface area contributed by atoms with Crippen LogP contribution in [0.25, 0.3) is 10.9 Å². The van der Waals surface area contributed by atoms with E-state index in [9.17, 15) is 17.6 Å². The zero-order valence-electron chi connectivity index (χ0n) is 17.1. The lowest BCUT2D eigenvalue weighted by Crippen LogP contribution is -2.19. The number of nitrogens with one attached hydrogen (secondary N) is 1. The number of amides is 1. The van der Waals surface area contributed by atoms with Gasteiger partial charge in [0.2, 0.25) is 10.0 Å². The van der Waals surface area contributed by atoms with Crippen LogP contribution in [0.3, 0.4) is 0 Å². The minimum atomic E-state index is -4.07. The average Bonchev–Trinajstić information content (AvgIpc) is 3.13. The van der Waals surface area contributed by atoms with Gasteiger partial charge in [-0.3, -0.25) is 4.79 Å². The quantitative estimate of drug-likeness (QED) is 0.464. The van der Waals surface area contributed by atoms with Gasteiger partial charge in [-0.15, -0.1) is 0 Å². The van der Waals surface area contributed by atoms with Crippen molar-refractivity contribution in [1.29, 1.82) is 0 Å². The summed E-state index contributed by atoms with van der Waals surface area (Å²) < 4.78 is 44.8. The number of nitrogens with zero attached hydrogens (tertiary/aromatic N) is 1. The molecular weight excluding hydrogens is 433 g/mol. The molecule has 0 aliphatic heterocycles. The van der Waals surface area contributed by atoms with Crippen molar-refractivity contribution in [1.82, 2.24) is 4.57 Å². The van der Waals surface area contributed by atoms with Crippen LogP contribution in [0.2, 0.25) is 0 Å². The second kappa shape index (κ2) is 8.45. The Bertz CT molecular complexity index is 1430. The summed E-state index contributed by atoms with van der Waals surface area (Å²) in [6.45, 7) is 0.147. The van der Waals surface area contributed by atoms with Crippen molar-refractivity contribution in [2.75, 3.05) is 12.4 Å². The van der Waals surface area contributed by atoms with Crippen molar-refractivity contribution in [2.45, 2.75) is 11.4 Å². The molecule has 9 heteroatoms. The first kappa shape index (κ1) is 21.5. The molecule has 3 N–H and O–H groups in total. The predicted octanol–water partition coefficient (Wildman–Crippen LogP) is 3.74. The predicted molar refractivity (Wildman–Crippen MR) is 120 cm³/mol. The number of hydrogen-bond acceptors (Lipinski definition) is 4. The molecular formula is C23H20FN3O4S. The topological polar surface area (TPSA) is 103 Å². The number of carbonyl (C=O) groups is 1. The summed E-state index contributed by atoms with van der Waals surface area (Å²) in [6, 6.07) is 19.6. The van der Waals surface area contributed by atoms with Crippen LogP contribution in [0.1, 0.15) is 16.1 Å². The Morgan fingerprint density at radius 1 is 1.06 bits per heavy atom. The van der Waals surface area contributed by atoms with Gasteiger partial charge in [0.1, 0.15) is 22.2 Å². The van der Waals surface area contributed by atoms with E-state index in [2.05, 4.69) is 5.32 Å². The largest absolute Gasteiger partial charge is 0.495 e. The van der Waals surface area contributed by atoms with Gasteiger partial charge in [-0.25, -0.2) is 17.9 Å². The number of hydrogen-bond donors (Lipinski definition) is 2. The third-order valence-electron chi connectivity index (χ3n) is 5.06. The van der Waals surface area contributed by atoms with E-state index in [-0.39, 0.29) is 28.7 Å². The summed E-state index contributed by atoms with van der Waals surface area (Å²) in [4.78, 5) is 12.9. The van der Waals surface area contributed by atoms with E-state index >= 15 is 0 Å². The summed E-state index contributed by atoms with van der Waals surface area (Å²) in [7, 11) is -2.74. The molecule has 4 aromatic rings. The van der Waals surface area contributed by atoms with Gasteiger partial charge in [0.25, 0.3) is 5.91 Å². The fourth-order valence-corrected chi connectivity index (χ4v) is 4.26. The number of fused-ring (bicyclic) bond motifs is 1. The molecule has 0 bridgehead atoms. The zero-order chi connectivity index (χ0) is 22.9. The van der Waals surface area contributed by atoms with E-state index in [1.165, 1.54) is 31.4 Å². The van der Waals surface area contributed by atoms with Gasteiger partial charge in [0, 0.05) is 22.2 Å². The normalized spacial score (nSPS) is 11.5. The lowest BCUT2D eigenvalue weighted by molar-refractivity contribution is 0.101. The summed E-state index contributed by atoms with van der Waals surface area (Å²) >= 11 is 0. The lowest BCUT2D eigenvalue weighted by atomic mass is 10.2. The highest BCUT2D eigenvalue weighted by atomic mass is 32.2. The fourth-order valence-electron chi connectivity index (χ4n) is 3.54. The smallest absolute Gasteiger partial charge is 0.272 e. The Labute approximate surface area is 184 Å². The molecule has 0 spiro atoms. The van der Waals surface area contributed by atoms with Gasteiger partial charge in [0.05, 0.1) is 13.7 Å². The van der Waals surface area contributed by atoms with Crippen LogP contribution in [0.4, 0.5) is 10.1 Å². The number of carbonyl (C=O) groups excluding carboxylic acids is 1. The number of halogens is 1. The number of benzene rings is 3. The number of aromatic nitrogens is 1. The van der Waals surface area contributed by atoms with Crippen molar-refractivity contribution in [3.63, 3.8) is 0 Å². The molecule has 0 atom stereocenters. The number of sulfonamides is 1. The number of rotatable bonds is 6. The standard InChI is InChI=1S/C23H20FN3O4S/c1-31-21-11-10-17(13-22(21)32(25,29)30)26-23(28)20-12-15-6-3-5-9-19(15)27(20)14-16-7-2-4-8-18(16)24/h2-13H,14H2,1H3,(H,26,28)(H2,25,29,30). The molecule has 1 aromatic heterocycles. The van der Waals surface area contributed by atoms with Gasteiger partial charge in [0.15, 0.2) is 0 Å². The first-order valence-electron chi connectivity index (χ1n) is 9.62. The van der Waals surface area contributed by atoms with Crippen LogP contribution in [-0.4, -0.2) is 26.0 Å². The Kier molecular flexibility index (Phi) is 5.68. The molecule has 0 radical (unpaired) electrons. The molecule has 4 rings (SSSR count). The first-order chi connectivity index (χ1) is 15.3. The maximum Gasteiger partial charge on any atom is 0.272 e. The Balaban J connectivity index is 1.74. The molecule has 32 heavy (non-hydrogen) atoms. The van der Waals surface area contributed by atoms with Crippen molar-refractivity contribution in [3.05, 3.63) is 89.9 Å². The van der Waals surface area contributed by atoms with Crippen LogP contribution in [0.15, 0.2) is 77.7 Å². The van der Waals surface area contributed by atoms with Gasteiger partial charge < -0.3 is 14.6 Å². The average molecular weight is 453 g/mol. The second-order valence-electron chi connectivity index (χ2n) is 7.13. The summed E-state index contributed by atoms with van der Waals surface area (Å²) in [5, 5.41) is 8.77. The minimum absolute atomic E-state index is 0.0687. The minimum Gasteiger partial charge on any atom is -0.495 e. The van der Waals surface area contributed by atoms with E-state index < -0.39 is 15.9 Å². The monoisotopic (exact) mass is 453 g/mol. The number of anilines is 1. The Morgan fingerprint density at radius 2 is 1.78 bits per heavy atom. The number of methoxy groups -OCH3 is 1. The Morgan fingerprint density at radius 3 is 2.50 bits per heavy atom. The van der Waals surface area contributed by atoms with E-state index in [0.717, 1.165) is 10.9 Å².